The zero-order chi connectivity index (χ0) is 18.3. The van der Waals surface area contributed by atoms with E-state index in [0.29, 0.717) is 18.4 Å². The number of phenolic OH excluding ortho intramolecular Hbond substituents is 1. The Labute approximate surface area is 157 Å². The first-order chi connectivity index (χ1) is 12.6. The van der Waals surface area contributed by atoms with Gasteiger partial charge in [0, 0.05) is 22.5 Å². The van der Waals surface area contributed by atoms with Crippen molar-refractivity contribution in [3.05, 3.63) is 59.6 Å². The molecule has 0 saturated carbocycles. The van der Waals surface area contributed by atoms with Gasteiger partial charge < -0.3 is 10.8 Å². The molecule has 2 heterocycles. The molecule has 26 heavy (non-hydrogen) atoms. The van der Waals surface area contributed by atoms with Crippen LogP contribution in [0.5, 0.6) is 5.75 Å². The van der Waals surface area contributed by atoms with Crippen LogP contribution in [0.15, 0.2) is 54.0 Å². The molecule has 4 heteroatoms. The molecular formula is C22H22N2OS. The summed E-state index contributed by atoms with van der Waals surface area (Å²) in [5, 5.41) is 14.8. The molecule has 0 radical (unpaired) electrons. The van der Waals surface area contributed by atoms with Gasteiger partial charge >= 0.3 is 0 Å². The van der Waals surface area contributed by atoms with Gasteiger partial charge in [0.25, 0.3) is 0 Å². The predicted molar refractivity (Wildman–Crippen MR) is 111 cm³/mol. The lowest BCUT2D eigenvalue weighted by molar-refractivity contribution is 0.478. The fraction of sp³-hybridized carbons (Fsp3) is 0.227. The molecule has 132 valence electrons. The first-order valence-corrected chi connectivity index (χ1v) is 9.76. The Balaban J connectivity index is 1.91. The molecule has 0 spiro atoms. The van der Waals surface area contributed by atoms with Gasteiger partial charge in [0.2, 0.25) is 0 Å². The molecule has 0 amide bonds. The number of aromatic nitrogens is 1. The van der Waals surface area contributed by atoms with Gasteiger partial charge in [-0.3, -0.25) is 4.98 Å². The Morgan fingerprint density at radius 2 is 1.85 bits per heavy atom. The smallest absolute Gasteiger partial charge is 0.124 e. The van der Waals surface area contributed by atoms with E-state index in [9.17, 15) is 5.11 Å². The molecule has 0 aliphatic carbocycles. The number of nitrogens with zero attached hydrogens (tertiary/aromatic N) is 1. The number of thiophene rings is 1. The maximum atomic E-state index is 10.6. The number of aromatic hydroxyl groups is 1. The molecule has 2 aromatic carbocycles. The molecule has 0 aliphatic rings. The van der Waals surface area contributed by atoms with Gasteiger partial charge in [-0.1, -0.05) is 38.1 Å². The summed E-state index contributed by atoms with van der Waals surface area (Å²) in [4.78, 5) is 4.57. The molecule has 2 aromatic heterocycles. The van der Waals surface area contributed by atoms with Crippen LogP contribution in [0.1, 0.15) is 25.3 Å². The SMILES string of the molecule is CC(C)C(CN)c1ccc(-c2c(O)ccc3ncc4sccc4c23)cc1. The molecule has 4 rings (SSSR count). The van der Waals surface area contributed by atoms with Crippen LogP contribution in [-0.2, 0) is 0 Å². The summed E-state index contributed by atoms with van der Waals surface area (Å²) < 4.78 is 1.13. The van der Waals surface area contributed by atoms with Crippen LogP contribution in [0.3, 0.4) is 0 Å². The second-order valence-electron chi connectivity index (χ2n) is 7.02. The van der Waals surface area contributed by atoms with E-state index < -0.39 is 0 Å². The van der Waals surface area contributed by atoms with Crippen molar-refractivity contribution in [1.29, 1.82) is 0 Å². The molecule has 3 nitrogen and oxygen atoms in total. The Morgan fingerprint density at radius 3 is 2.54 bits per heavy atom. The van der Waals surface area contributed by atoms with Crippen LogP contribution in [0, 0.1) is 5.92 Å². The van der Waals surface area contributed by atoms with E-state index in [1.165, 1.54) is 5.56 Å². The van der Waals surface area contributed by atoms with E-state index in [1.807, 2.05) is 12.3 Å². The summed E-state index contributed by atoms with van der Waals surface area (Å²) in [6.45, 7) is 5.03. The Kier molecular flexibility index (Phi) is 4.39. The summed E-state index contributed by atoms with van der Waals surface area (Å²) >= 11 is 1.67. The minimum absolute atomic E-state index is 0.282. The molecule has 0 saturated heterocycles. The maximum Gasteiger partial charge on any atom is 0.124 e. The second kappa shape index (κ2) is 6.71. The van der Waals surface area contributed by atoms with Crippen LogP contribution in [-0.4, -0.2) is 16.6 Å². The predicted octanol–water partition coefficient (Wildman–Crippen LogP) is 5.52. The highest BCUT2D eigenvalue weighted by atomic mass is 32.1. The lowest BCUT2D eigenvalue weighted by atomic mass is 9.87. The third-order valence-electron chi connectivity index (χ3n) is 5.13. The van der Waals surface area contributed by atoms with Crippen LogP contribution in [0.4, 0.5) is 0 Å². The minimum atomic E-state index is 0.282. The van der Waals surface area contributed by atoms with Crippen molar-refractivity contribution in [3.63, 3.8) is 0 Å². The molecule has 0 aliphatic heterocycles. The highest BCUT2D eigenvalue weighted by Crippen LogP contribution is 2.40. The van der Waals surface area contributed by atoms with Gasteiger partial charge in [0.05, 0.1) is 10.2 Å². The molecule has 0 fully saturated rings. The lowest BCUT2D eigenvalue weighted by Crippen LogP contribution is -2.17. The van der Waals surface area contributed by atoms with Crippen molar-refractivity contribution in [2.75, 3.05) is 6.54 Å². The number of hydrogen-bond acceptors (Lipinski definition) is 4. The monoisotopic (exact) mass is 362 g/mol. The maximum absolute atomic E-state index is 10.6. The minimum Gasteiger partial charge on any atom is -0.507 e. The average Bonchev–Trinajstić information content (AvgIpc) is 3.12. The van der Waals surface area contributed by atoms with Crippen LogP contribution in [0.25, 0.3) is 32.1 Å². The van der Waals surface area contributed by atoms with Crippen molar-refractivity contribution >= 4 is 32.3 Å². The van der Waals surface area contributed by atoms with Crippen LogP contribution < -0.4 is 5.73 Å². The quantitative estimate of drug-likeness (QED) is 0.502. The average molecular weight is 362 g/mol. The van der Waals surface area contributed by atoms with Crippen LogP contribution in [0.2, 0.25) is 0 Å². The summed E-state index contributed by atoms with van der Waals surface area (Å²) in [6, 6.07) is 14.1. The van der Waals surface area contributed by atoms with Gasteiger partial charge in [0.15, 0.2) is 0 Å². The third-order valence-corrected chi connectivity index (χ3v) is 5.98. The first-order valence-electron chi connectivity index (χ1n) is 8.88. The normalized spacial score (nSPS) is 12.9. The van der Waals surface area contributed by atoms with E-state index >= 15 is 0 Å². The van der Waals surface area contributed by atoms with E-state index in [-0.39, 0.29) is 5.75 Å². The molecular weight excluding hydrogens is 340 g/mol. The van der Waals surface area contributed by atoms with Gasteiger partial charge in [0.1, 0.15) is 5.75 Å². The standard InChI is InChI=1S/C22H22N2OS/c1-13(2)17(11-23)14-3-5-15(6-4-14)21-19(25)8-7-18-22(21)16-9-10-26-20(16)12-24-18/h3-10,12-13,17,25H,11,23H2,1-2H3. The van der Waals surface area contributed by atoms with Crippen molar-refractivity contribution in [2.45, 2.75) is 19.8 Å². The number of nitrogens with two attached hydrogens (primary N) is 1. The van der Waals surface area contributed by atoms with E-state index in [4.69, 9.17) is 5.73 Å². The highest BCUT2D eigenvalue weighted by molar-refractivity contribution is 7.17. The zero-order valence-corrected chi connectivity index (χ0v) is 15.8. The van der Waals surface area contributed by atoms with Gasteiger partial charge in [-0.05, 0) is 53.1 Å². The number of rotatable bonds is 4. The number of benzene rings is 2. The third kappa shape index (κ3) is 2.75. The first kappa shape index (κ1) is 17.0. The van der Waals surface area contributed by atoms with Crippen molar-refractivity contribution in [1.82, 2.24) is 4.98 Å². The largest absolute Gasteiger partial charge is 0.507 e. The molecule has 1 unspecified atom stereocenters. The number of fused-ring (bicyclic) bond motifs is 3. The van der Waals surface area contributed by atoms with Crippen LogP contribution >= 0.6 is 11.3 Å². The number of phenols is 1. The van der Waals surface area contributed by atoms with Crippen molar-refractivity contribution < 1.29 is 5.11 Å². The molecule has 0 bridgehead atoms. The van der Waals surface area contributed by atoms with Crippen molar-refractivity contribution in [3.8, 4) is 16.9 Å². The topological polar surface area (TPSA) is 59.1 Å². The number of hydrogen-bond donors (Lipinski definition) is 2. The van der Waals surface area contributed by atoms with Gasteiger partial charge in [-0.25, -0.2) is 0 Å². The Bertz CT molecular complexity index is 1070. The summed E-state index contributed by atoms with van der Waals surface area (Å²) in [6.07, 6.45) is 1.90. The summed E-state index contributed by atoms with van der Waals surface area (Å²) in [5.41, 5.74) is 9.94. The van der Waals surface area contributed by atoms with Gasteiger partial charge in [-0.2, -0.15) is 0 Å². The molecule has 3 N–H and O–H groups in total. The summed E-state index contributed by atoms with van der Waals surface area (Å²) in [5.74, 6) is 1.12. The van der Waals surface area contributed by atoms with E-state index in [2.05, 4.69) is 54.5 Å². The van der Waals surface area contributed by atoms with E-state index in [0.717, 1.165) is 32.1 Å². The lowest BCUT2D eigenvalue weighted by Gasteiger charge is -2.20. The number of pyridine rings is 1. The fourth-order valence-corrected chi connectivity index (χ4v) is 4.46. The Morgan fingerprint density at radius 1 is 1.08 bits per heavy atom. The molecule has 4 aromatic rings. The van der Waals surface area contributed by atoms with Gasteiger partial charge in [-0.15, -0.1) is 11.3 Å². The fourth-order valence-electron chi connectivity index (χ4n) is 3.70. The Hall–Kier alpha value is -2.43. The molecule has 1 atom stereocenters. The second-order valence-corrected chi connectivity index (χ2v) is 7.97. The highest BCUT2D eigenvalue weighted by Gasteiger charge is 2.17. The van der Waals surface area contributed by atoms with E-state index in [1.54, 1.807) is 17.4 Å². The summed E-state index contributed by atoms with van der Waals surface area (Å²) in [7, 11) is 0. The van der Waals surface area contributed by atoms with Crippen molar-refractivity contribution in [2.24, 2.45) is 11.7 Å². The zero-order valence-electron chi connectivity index (χ0n) is 14.9.